The van der Waals surface area contributed by atoms with Crippen molar-refractivity contribution in [3.8, 4) is 11.4 Å². The van der Waals surface area contributed by atoms with Gasteiger partial charge in [0.1, 0.15) is 11.6 Å². The van der Waals surface area contributed by atoms with Crippen LogP contribution in [0.3, 0.4) is 0 Å². The number of sulfonamides is 1. The minimum absolute atomic E-state index is 0.143. The number of rotatable bonds is 10. The van der Waals surface area contributed by atoms with Gasteiger partial charge in [0.05, 0.1) is 24.7 Å². The van der Waals surface area contributed by atoms with Crippen molar-refractivity contribution in [1.82, 2.24) is 14.9 Å². The second kappa shape index (κ2) is 10.3. The molecular weight excluding hydrogens is 428 g/mol. The lowest BCUT2D eigenvalue weighted by molar-refractivity contribution is -0.121. The number of methoxy groups -OCH3 is 1. The molecule has 8 nitrogen and oxygen atoms in total. The van der Waals surface area contributed by atoms with Gasteiger partial charge in [-0.15, -0.1) is 0 Å². The molecule has 9 heteroatoms. The molecule has 0 aliphatic heterocycles. The molecule has 170 valence electrons. The summed E-state index contributed by atoms with van der Waals surface area (Å²) in [6.45, 7) is 2.47. The highest BCUT2D eigenvalue weighted by Crippen LogP contribution is 2.29. The predicted octanol–water partition coefficient (Wildman–Crippen LogP) is 3.05. The molecule has 0 radical (unpaired) electrons. The largest absolute Gasteiger partial charge is 0.495 e. The number of para-hydroxylation sites is 3. The van der Waals surface area contributed by atoms with Crippen LogP contribution in [-0.4, -0.2) is 43.8 Å². The van der Waals surface area contributed by atoms with Gasteiger partial charge in [-0.25, -0.2) is 13.4 Å². The van der Waals surface area contributed by atoms with Crippen molar-refractivity contribution in [2.75, 3.05) is 24.2 Å². The first-order valence-corrected chi connectivity index (χ1v) is 12.1. The fraction of sp³-hybridized carbons (Fsp3) is 0.304. The van der Waals surface area contributed by atoms with Crippen molar-refractivity contribution in [2.24, 2.45) is 0 Å². The molecular formula is C23H28N4O4S. The number of hydrogen-bond donors (Lipinski definition) is 1. The number of anilines is 1. The van der Waals surface area contributed by atoms with E-state index in [0.29, 0.717) is 24.4 Å². The van der Waals surface area contributed by atoms with Crippen LogP contribution in [0.5, 0.6) is 5.75 Å². The van der Waals surface area contributed by atoms with Crippen LogP contribution in [0.2, 0.25) is 0 Å². The number of nitrogens with one attached hydrogen (secondary N) is 1. The monoisotopic (exact) mass is 456 g/mol. The SMILES string of the molecule is COc1ccccc1N(CCCC(=O)NCc1ccccc1-n1ccnc1C)S(C)(=O)=O. The highest BCUT2D eigenvalue weighted by Gasteiger charge is 2.21. The van der Waals surface area contributed by atoms with Crippen LogP contribution in [-0.2, 0) is 21.4 Å². The van der Waals surface area contributed by atoms with Gasteiger partial charge >= 0.3 is 0 Å². The van der Waals surface area contributed by atoms with Gasteiger partial charge in [-0.3, -0.25) is 9.10 Å². The standard InChI is InChI=1S/C23H28N4O4S/c1-18-24-14-16-26(18)20-10-5-4-9-19(20)17-25-23(28)13-8-15-27(32(3,29)30)21-11-6-7-12-22(21)31-2/h4-7,9-12,14,16H,8,13,15,17H2,1-3H3,(H,25,28). The number of carbonyl (C=O) groups is 1. The molecule has 3 aromatic rings. The fourth-order valence-corrected chi connectivity index (χ4v) is 4.46. The van der Waals surface area contributed by atoms with Gasteiger partial charge in [0.25, 0.3) is 0 Å². The van der Waals surface area contributed by atoms with Gasteiger partial charge < -0.3 is 14.6 Å². The maximum Gasteiger partial charge on any atom is 0.232 e. The van der Waals surface area contributed by atoms with Crippen molar-refractivity contribution >= 4 is 21.6 Å². The Bertz CT molecular complexity index is 1170. The molecule has 0 bridgehead atoms. The number of carbonyl (C=O) groups excluding carboxylic acids is 1. The van der Waals surface area contributed by atoms with Crippen molar-refractivity contribution in [1.29, 1.82) is 0 Å². The second-order valence-electron chi connectivity index (χ2n) is 7.36. The zero-order valence-corrected chi connectivity index (χ0v) is 19.3. The Kier molecular flexibility index (Phi) is 7.53. The Morgan fingerprint density at radius 3 is 2.56 bits per heavy atom. The Labute approximate surface area is 188 Å². The molecule has 0 aliphatic carbocycles. The fourth-order valence-electron chi connectivity index (χ4n) is 3.49. The van der Waals surface area contributed by atoms with E-state index in [-0.39, 0.29) is 18.9 Å². The third-order valence-corrected chi connectivity index (χ3v) is 6.25. The molecule has 0 saturated heterocycles. The summed E-state index contributed by atoms with van der Waals surface area (Å²) in [6.07, 6.45) is 5.34. The van der Waals surface area contributed by atoms with Crippen LogP contribution in [0, 0.1) is 6.92 Å². The van der Waals surface area contributed by atoms with Gasteiger partial charge in [-0.1, -0.05) is 30.3 Å². The third kappa shape index (κ3) is 5.67. The average molecular weight is 457 g/mol. The lowest BCUT2D eigenvalue weighted by Crippen LogP contribution is -2.32. The van der Waals surface area contributed by atoms with E-state index < -0.39 is 10.0 Å². The minimum atomic E-state index is -3.53. The van der Waals surface area contributed by atoms with Crippen LogP contribution < -0.4 is 14.4 Å². The number of aryl methyl sites for hydroxylation is 1. The van der Waals surface area contributed by atoms with Gasteiger partial charge in [-0.05, 0) is 37.1 Å². The molecule has 0 atom stereocenters. The number of nitrogens with zero attached hydrogens (tertiary/aromatic N) is 3. The smallest absolute Gasteiger partial charge is 0.232 e. The number of ether oxygens (including phenoxy) is 1. The summed E-state index contributed by atoms with van der Waals surface area (Å²) in [7, 11) is -2.03. The van der Waals surface area contributed by atoms with Gasteiger partial charge in [0.2, 0.25) is 15.9 Å². The number of amides is 1. The summed E-state index contributed by atoms with van der Waals surface area (Å²) >= 11 is 0. The van der Waals surface area contributed by atoms with Crippen LogP contribution in [0.1, 0.15) is 24.2 Å². The topological polar surface area (TPSA) is 93.5 Å². The highest BCUT2D eigenvalue weighted by molar-refractivity contribution is 7.92. The summed E-state index contributed by atoms with van der Waals surface area (Å²) < 4.78 is 33.2. The van der Waals surface area contributed by atoms with Crippen molar-refractivity contribution < 1.29 is 17.9 Å². The summed E-state index contributed by atoms with van der Waals surface area (Å²) in [5, 5.41) is 2.93. The van der Waals surface area contributed by atoms with E-state index in [1.807, 2.05) is 42.0 Å². The molecule has 1 heterocycles. The summed E-state index contributed by atoms with van der Waals surface area (Å²) in [4.78, 5) is 16.7. The molecule has 0 aliphatic rings. The summed E-state index contributed by atoms with van der Waals surface area (Å²) in [5.74, 6) is 1.19. The van der Waals surface area contributed by atoms with E-state index in [2.05, 4.69) is 10.3 Å². The maximum absolute atomic E-state index is 12.4. The molecule has 1 N–H and O–H groups in total. The minimum Gasteiger partial charge on any atom is -0.495 e. The van der Waals surface area contributed by atoms with E-state index in [1.165, 1.54) is 11.4 Å². The number of benzene rings is 2. The Morgan fingerprint density at radius 2 is 1.88 bits per heavy atom. The zero-order chi connectivity index (χ0) is 23.1. The highest BCUT2D eigenvalue weighted by atomic mass is 32.2. The molecule has 32 heavy (non-hydrogen) atoms. The van der Waals surface area contributed by atoms with Crippen LogP contribution in [0.25, 0.3) is 5.69 Å². The van der Waals surface area contributed by atoms with Crippen molar-refractivity contribution in [3.63, 3.8) is 0 Å². The Balaban J connectivity index is 1.60. The molecule has 0 fully saturated rings. The molecule has 0 saturated carbocycles. The molecule has 0 spiro atoms. The maximum atomic E-state index is 12.4. The number of imidazole rings is 1. The third-order valence-electron chi connectivity index (χ3n) is 5.07. The Hall–Kier alpha value is -3.33. The van der Waals surface area contributed by atoms with Crippen LogP contribution >= 0.6 is 0 Å². The second-order valence-corrected chi connectivity index (χ2v) is 9.27. The summed E-state index contributed by atoms with van der Waals surface area (Å²) in [5.41, 5.74) is 2.39. The van der Waals surface area contributed by atoms with Crippen LogP contribution in [0.4, 0.5) is 5.69 Å². The van der Waals surface area contributed by atoms with Crippen molar-refractivity contribution in [2.45, 2.75) is 26.3 Å². The average Bonchev–Trinajstić information content (AvgIpc) is 3.20. The first kappa shape index (κ1) is 23.3. The zero-order valence-electron chi connectivity index (χ0n) is 18.5. The molecule has 1 amide bonds. The lowest BCUT2D eigenvalue weighted by atomic mass is 10.1. The van der Waals surface area contributed by atoms with E-state index in [0.717, 1.165) is 23.3 Å². The predicted molar refractivity (Wildman–Crippen MR) is 125 cm³/mol. The van der Waals surface area contributed by atoms with Gasteiger partial charge in [-0.2, -0.15) is 0 Å². The molecule has 3 rings (SSSR count). The quantitative estimate of drug-likeness (QED) is 0.506. The molecule has 2 aromatic carbocycles. The van der Waals surface area contributed by atoms with Crippen molar-refractivity contribution in [3.05, 3.63) is 72.3 Å². The first-order chi connectivity index (χ1) is 15.3. The number of hydrogen-bond acceptors (Lipinski definition) is 5. The Morgan fingerprint density at radius 1 is 1.16 bits per heavy atom. The first-order valence-electron chi connectivity index (χ1n) is 10.3. The van der Waals surface area contributed by atoms with E-state index in [4.69, 9.17) is 4.74 Å². The van der Waals surface area contributed by atoms with Gasteiger partial charge in [0, 0.05) is 31.9 Å². The number of aromatic nitrogens is 2. The molecule has 0 unspecified atom stereocenters. The lowest BCUT2D eigenvalue weighted by Gasteiger charge is -2.24. The van der Waals surface area contributed by atoms with E-state index >= 15 is 0 Å². The van der Waals surface area contributed by atoms with E-state index in [9.17, 15) is 13.2 Å². The molecule has 1 aromatic heterocycles. The van der Waals surface area contributed by atoms with Gasteiger partial charge in [0.15, 0.2) is 0 Å². The summed E-state index contributed by atoms with van der Waals surface area (Å²) in [6, 6.07) is 14.7. The normalized spacial score (nSPS) is 11.2. The van der Waals surface area contributed by atoms with E-state index in [1.54, 1.807) is 30.5 Å². The van der Waals surface area contributed by atoms with Crippen LogP contribution in [0.15, 0.2) is 60.9 Å².